The van der Waals surface area contributed by atoms with E-state index >= 15 is 0 Å². The third kappa shape index (κ3) is 20.2. The van der Waals surface area contributed by atoms with Gasteiger partial charge < -0.3 is 73.9 Å². The van der Waals surface area contributed by atoms with Gasteiger partial charge in [-0.15, -0.1) is 0 Å². The number of guanidine groups is 1. The van der Waals surface area contributed by atoms with Crippen molar-refractivity contribution in [2.45, 2.75) is 122 Å². The maximum atomic E-state index is 14.3. The lowest BCUT2D eigenvalue weighted by Gasteiger charge is -2.31. The number of likely N-dealkylation sites (tertiary alicyclic amines) is 1. The molecule has 1 aliphatic heterocycles. The molecule has 7 atom stereocenters. The molecule has 1 saturated heterocycles. The maximum absolute atomic E-state index is 14.3. The van der Waals surface area contributed by atoms with Crippen LogP contribution in [-0.4, -0.2) is 158 Å². The van der Waals surface area contributed by atoms with Gasteiger partial charge in [0.1, 0.15) is 48.0 Å². The number of nitrogens with two attached hydrogens (primary N) is 2. The fourth-order valence-corrected chi connectivity index (χ4v) is 7.05. The molecule has 25 nitrogen and oxygen atoms in total. The fraction of sp³-hybridized carbons (Fsp3) is 0.568. The Morgan fingerprint density at radius 1 is 0.797 bits per heavy atom. The average molecular weight is 972 g/mol. The Balaban J connectivity index is 0.00000392. The first-order chi connectivity index (χ1) is 32.4. The molecule has 1 aromatic carbocycles. The second-order valence-corrected chi connectivity index (χ2v) is 17.1. The number of carboxylic acids is 2. The van der Waals surface area contributed by atoms with E-state index in [1.807, 2.05) is 0 Å². The molecule has 2 aromatic rings. The van der Waals surface area contributed by atoms with E-state index in [0.717, 1.165) is 6.92 Å². The number of amides is 7. The largest absolute Gasteiger partial charge is 0.508 e. The summed E-state index contributed by atoms with van der Waals surface area (Å²) in [5, 5.41) is 45.4. The van der Waals surface area contributed by atoms with Crippen LogP contribution in [0.2, 0.25) is 0 Å². The van der Waals surface area contributed by atoms with E-state index in [-0.39, 0.29) is 57.0 Å². The number of H-pyrrole nitrogens is 1. The van der Waals surface area contributed by atoms with Gasteiger partial charge in [0.25, 0.3) is 5.97 Å². The number of nitrogens with zero attached hydrogens (tertiary/aromatic N) is 3. The number of aliphatic carboxylic acids is 2. The Morgan fingerprint density at radius 2 is 1.36 bits per heavy atom. The minimum absolute atomic E-state index is 0.0393. The van der Waals surface area contributed by atoms with Crippen LogP contribution in [0, 0.1) is 11.8 Å². The summed E-state index contributed by atoms with van der Waals surface area (Å²) < 4.78 is 0. The van der Waals surface area contributed by atoms with Crippen LogP contribution < -0.4 is 48.7 Å². The van der Waals surface area contributed by atoms with Crippen LogP contribution in [0.1, 0.15) is 78.5 Å². The fourth-order valence-electron chi connectivity index (χ4n) is 7.05. The van der Waals surface area contributed by atoms with Gasteiger partial charge in [-0.1, -0.05) is 39.8 Å². The summed E-state index contributed by atoms with van der Waals surface area (Å²) in [7, 11) is 1.57. The second-order valence-electron chi connectivity index (χ2n) is 17.1. The number of aromatic amines is 1. The minimum atomic E-state index is -1.34. The van der Waals surface area contributed by atoms with Gasteiger partial charge in [-0.05, 0) is 69.2 Å². The number of likely N-dealkylation sites (N-methyl/N-ethyl adjacent to an activating group) is 1. The highest BCUT2D eigenvalue weighted by Gasteiger charge is 2.40. The van der Waals surface area contributed by atoms with E-state index in [9.17, 15) is 48.6 Å². The Labute approximate surface area is 400 Å². The summed E-state index contributed by atoms with van der Waals surface area (Å²) >= 11 is 0. The Kier molecular flexibility index (Phi) is 24.1. The molecule has 1 fully saturated rings. The number of aliphatic imine (C=N–C) groups is 1. The van der Waals surface area contributed by atoms with Crippen LogP contribution in [0.4, 0.5) is 0 Å². The highest BCUT2D eigenvalue weighted by atomic mass is 16.4. The topological polar surface area (TPSA) is 395 Å². The van der Waals surface area contributed by atoms with Crippen molar-refractivity contribution in [3.8, 4) is 5.75 Å². The van der Waals surface area contributed by atoms with Crippen LogP contribution in [-0.2, 0) is 56.0 Å². The second kappa shape index (κ2) is 28.8. The van der Waals surface area contributed by atoms with Gasteiger partial charge in [0.2, 0.25) is 41.4 Å². The van der Waals surface area contributed by atoms with E-state index in [1.54, 1.807) is 46.9 Å². The number of hydrogen-bond donors (Lipinski definition) is 13. The van der Waals surface area contributed by atoms with Crippen LogP contribution >= 0.6 is 0 Å². The Bertz CT molecular complexity index is 2070. The Morgan fingerprint density at radius 3 is 1.87 bits per heavy atom. The predicted octanol–water partition coefficient (Wildman–Crippen LogP) is -2.42. The molecule has 15 N–H and O–H groups in total. The molecule has 0 spiro atoms. The van der Waals surface area contributed by atoms with Crippen molar-refractivity contribution in [3.63, 3.8) is 0 Å². The van der Waals surface area contributed by atoms with Gasteiger partial charge in [-0.3, -0.25) is 48.1 Å². The molecular formula is C44H69N13O12. The molecule has 1 aromatic heterocycles. The number of hydrogen-bond acceptors (Lipinski definition) is 13. The summed E-state index contributed by atoms with van der Waals surface area (Å²) in [5.41, 5.74) is 11.9. The monoisotopic (exact) mass is 972 g/mol. The number of nitrogens with one attached hydrogen (secondary N) is 8. The quantitative estimate of drug-likeness (QED) is 0.0280. The summed E-state index contributed by atoms with van der Waals surface area (Å²) in [5.74, 6) is -8.03. The van der Waals surface area contributed by atoms with Crippen LogP contribution in [0.25, 0.3) is 0 Å². The normalized spacial score (nSPS) is 15.7. The van der Waals surface area contributed by atoms with Crippen molar-refractivity contribution in [1.29, 1.82) is 0 Å². The molecule has 3 rings (SSSR count). The van der Waals surface area contributed by atoms with Crippen molar-refractivity contribution in [2.75, 3.05) is 26.7 Å². The number of imidazole rings is 1. The SMILES string of the molecule is CC(=O)O.CNCC(=O)N[C@@H](CCCN=C(N)N)C(=O)N[C@H](C(=O)N[C@@H](Cc1ccc(O)cc1)C(=O)N[C@H](C(=O)N[C@@H](Cc1cnc[nH]1)C(=O)N1CCCC1C(=O)N[C@@H](C)C(=O)O)C(C)C)C(C)C. The third-order valence-corrected chi connectivity index (χ3v) is 10.6. The zero-order chi connectivity index (χ0) is 52.0. The molecular weight excluding hydrogens is 903 g/mol. The first-order valence-electron chi connectivity index (χ1n) is 22.4. The minimum Gasteiger partial charge on any atom is -0.508 e. The standard InChI is InChI=1S/C42H65N13O10.C2H4O2/c1-22(2)33(53-35(58)28(50-32(57)20-45-6)9-7-15-47-42(43)44)38(61)51-29(17-25-11-13-27(56)14-12-25)36(59)54-34(23(3)4)39(62)52-30(18-26-19-46-21-48-26)40(63)55-16-8-10-31(55)37(60)49-24(5)41(64)65;1-2(3)4/h11-14,19,21-24,28-31,33-34,45,56H,7-10,15-18,20H2,1-6H3,(H,46,48)(H,49,60)(H,50,57)(H,51,61)(H,52,62)(H,53,58)(H,54,59)(H,64,65)(H4,43,44,47);1H3,(H,3,4)/t24-,28-,29-,30-,31?,33-,34-;/m0./s1. The van der Waals surface area contributed by atoms with E-state index in [0.29, 0.717) is 24.1 Å². The molecule has 382 valence electrons. The van der Waals surface area contributed by atoms with Crippen LogP contribution in [0.15, 0.2) is 41.8 Å². The van der Waals surface area contributed by atoms with Gasteiger partial charge >= 0.3 is 5.97 Å². The molecule has 0 bridgehead atoms. The van der Waals surface area contributed by atoms with Crippen LogP contribution in [0.5, 0.6) is 5.75 Å². The number of phenolic OH excluding ortho intramolecular Hbond substituents is 1. The average Bonchev–Trinajstić information content (AvgIpc) is 3.98. The number of rotatable bonds is 25. The number of carbonyl (C=O) groups excluding carboxylic acids is 7. The number of phenols is 1. The van der Waals surface area contributed by atoms with Crippen molar-refractivity contribution in [2.24, 2.45) is 28.3 Å². The lowest BCUT2D eigenvalue weighted by Crippen LogP contribution is -2.61. The van der Waals surface area contributed by atoms with E-state index in [1.165, 1.54) is 36.5 Å². The first-order valence-corrected chi connectivity index (χ1v) is 22.4. The maximum Gasteiger partial charge on any atom is 0.325 e. The van der Waals surface area contributed by atoms with Crippen molar-refractivity contribution in [1.82, 2.24) is 52.1 Å². The smallest absolute Gasteiger partial charge is 0.325 e. The highest BCUT2D eigenvalue weighted by molar-refractivity contribution is 5.98. The molecule has 0 radical (unpaired) electrons. The summed E-state index contributed by atoms with van der Waals surface area (Å²) in [6.07, 6.45) is 3.84. The van der Waals surface area contributed by atoms with Crippen molar-refractivity contribution < 1.29 is 58.5 Å². The lowest BCUT2D eigenvalue weighted by molar-refractivity contribution is -0.144. The number of carbonyl (C=O) groups is 9. The number of benzene rings is 1. The van der Waals surface area contributed by atoms with Gasteiger partial charge in [-0.2, -0.15) is 0 Å². The first kappa shape index (κ1) is 57.8. The molecule has 1 unspecified atom stereocenters. The highest BCUT2D eigenvalue weighted by Crippen LogP contribution is 2.21. The van der Waals surface area contributed by atoms with E-state index in [4.69, 9.17) is 21.4 Å². The molecule has 69 heavy (non-hydrogen) atoms. The lowest BCUT2D eigenvalue weighted by atomic mass is 9.98. The zero-order valence-corrected chi connectivity index (χ0v) is 40.0. The summed E-state index contributed by atoms with van der Waals surface area (Å²) in [6, 6.07) is -2.43. The van der Waals surface area contributed by atoms with Crippen molar-refractivity contribution >= 4 is 59.2 Å². The van der Waals surface area contributed by atoms with Gasteiger partial charge in [0.05, 0.1) is 12.9 Å². The molecule has 0 saturated carbocycles. The molecule has 0 aliphatic carbocycles. The van der Waals surface area contributed by atoms with Gasteiger partial charge in [-0.25, -0.2) is 4.98 Å². The number of carboxylic acid groups (broad SMARTS) is 2. The van der Waals surface area contributed by atoms with Gasteiger partial charge in [0, 0.05) is 44.7 Å². The van der Waals surface area contributed by atoms with Crippen molar-refractivity contribution in [3.05, 3.63) is 48.0 Å². The van der Waals surface area contributed by atoms with Gasteiger partial charge in [0.15, 0.2) is 5.96 Å². The molecule has 2 heterocycles. The predicted molar refractivity (Wildman–Crippen MR) is 251 cm³/mol. The van der Waals surface area contributed by atoms with E-state index < -0.39 is 107 Å². The zero-order valence-electron chi connectivity index (χ0n) is 40.0. The Hall–Kier alpha value is -7.31. The summed E-state index contributed by atoms with van der Waals surface area (Å²) in [6.45, 7) is 9.35. The molecule has 7 amide bonds. The van der Waals surface area contributed by atoms with Crippen LogP contribution in [0.3, 0.4) is 0 Å². The molecule has 25 heteroatoms. The summed E-state index contributed by atoms with van der Waals surface area (Å²) in [4.78, 5) is 129. The molecule has 1 aliphatic rings. The van der Waals surface area contributed by atoms with E-state index in [2.05, 4.69) is 52.2 Å². The number of aromatic nitrogens is 2. The third-order valence-electron chi connectivity index (χ3n) is 10.6. The number of aromatic hydroxyl groups is 1.